The van der Waals surface area contributed by atoms with Crippen molar-refractivity contribution in [3.05, 3.63) is 0 Å². The summed E-state index contributed by atoms with van der Waals surface area (Å²) in [5.74, 6) is 0. The Balaban J connectivity index is -0.00000000167. The third-order valence-electron chi connectivity index (χ3n) is 0. The predicted molar refractivity (Wildman–Crippen MR) is 17.9 cm³/mol. The molecule has 1 nitrogen and oxygen atoms in total. The normalized spacial score (nSPS) is 0.800. The molecule has 0 aliphatic rings. The van der Waals surface area contributed by atoms with Gasteiger partial charge in [-0.2, -0.15) is 0 Å². The molecule has 0 heterocycles. The molecule has 0 aromatic rings. The van der Waals surface area contributed by atoms with Crippen LogP contribution in [0.4, 0.5) is 0 Å². The molecule has 0 amide bonds. The van der Waals surface area contributed by atoms with E-state index in [0.29, 0.717) is 22.5 Å². The fraction of sp³-hybridized carbons (Fsp3) is 0. The summed E-state index contributed by atoms with van der Waals surface area (Å²) in [5.41, 5.74) is 0. The van der Waals surface area contributed by atoms with Crippen LogP contribution in [0.25, 0.3) is 0 Å². The second-order valence-electron chi connectivity index (χ2n) is 0. The Bertz CT molecular complexity index is 11.6. The van der Waals surface area contributed by atoms with Crippen molar-refractivity contribution in [3.63, 3.8) is 0 Å². The van der Waals surface area contributed by atoms with Gasteiger partial charge in [0, 0.05) is 62.9 Å². The van der Waals surface area contributed by atoms with Crippen LogP contribution in [0.1, 0.15) is 0 Å². The van der Waals surface area contributed by atoms with Crippen LogP contribution in [-0.2, 0) is 22.6 Å². The second kappa shape index (κ2) is 30.3. The summed E-state index contributed by atoms with van der Waals surface area (Å²) in [5, 5.41) is 0. The second-order valence-corrected chi connectivity index (χ2v) is 0. The van der Waals surface area contributed by atoms with Crippen LogP contribution in [0, 0.1) is 0 Å². The van der Waals surface area contributed by atoms with Crippen LogP contribution < -0.4 is 0 Å². The van der Waals surface area contributed by atoms with Crippen LogP contribution >= 0.6 is 0 Å². The van der Waals surface area contributed by atoms with Gasteiger partial charge >= 0.3 is 25.6 Å². The molecule has 9 radical (unpaired) electrons. The van der Waals surface area contributed by atoms with Crippen molar-refractivity contribution in [1.82, 2.24) is 0 Å². The topological polar surface area (TPSA) is 17.1 Å². The molecule has 19 valence electrons. The Morgan fingerprint density at radius 2 is 1.20 bits per heavy atom. The molecular weight excluding hydrogens is 388 g/mol. The van der Waals surface area contributed by atoms with Crippen LogP contribution in [0.2, 0.25) is 0 Å². The quantitative estimate of drug-likeness (QED) is 0.474. The van der Waals surface area contributed by atoms with Gasteiger partial charge in [-0.15, -0.1) is 0 Å². The van der Waals surface area contributed by atoms with Gasteiger partial charge in [-0.05, 0) is 0 Å². The van der Waals surface area contributed by atoms with Crippen LogP contribution in [-0.4, -0.2) is 66.0 Å². The molecular formula is GeInOSnZn. The maximum atomic E-state index is 8.34. The van der Waals surface area contributed by atoms with Gasteiger partial charge in [-0.3, -0.25) is 0 Å². The van der Waals surface area contributed by atoms with Crippen LogP contribution in [0.15, 0.2) is 0 Å². The molecule has 0 saturated carbocycles. The maximum Gasteiger partial charge on any atom is 0 e. The van der Waals surface area contributed by atoms with E-state index in [1.165, 1.54) is 0 Å². The van der Waals surface area contributed by atoms with E-state index in [1.807, 2.05) is 0 Å². The predicted octanol–water partition coefficient (Wildman–Crippen LogP) is -1.26. The van der Waals surface area contributed by atoms with Gasteiger partial charge in [0.2, 0.25) is 0 Å². The Morgan fingerprint density at radius 3 is 1.20 bits per heavy atom. The summed E-state index contributed by atoms with van der Waals surface area (Å²) < 4.78 is 8.34. The van der Waals surface area contributed by atoms with Gasteiger partial charge in [0.05, 0.1) is 0 Å². The standard InChI is InChI=1S/Ge.In.O.Sn.Zn. The molecule has 0 atom stereocenters. The Morgan fingerprint density at radius 1 is 1.20 bits per heavy atom. The van der Waals surface area contributed by atoms with Crippen molar-refractivity contribution in [3.8, 4) is 0 Å². The zero-order valence-corrected chi connectivity index (χ0v) is 13.9. The molecule has 0 aromatic heterocycles. The van der Waals surface area contributed by atoms with E-state index in [9.17, 15) is 0 Å². The molecule has 0 aromatic carbocycles. The minimum Gasteiger partial charge on any atom is 0 e. The van der Waals surface area contributed by atoms with E-state index in [4.69, 9.17) is 3.08 Å². The van der Waals surface area contributed by atoms with Gasteiger partial charge in [0.15, 0.2) is 0 Å². The van der Waals surface area contributed by atoms with E-state index in [0.717, 1.165) is 0 Å². The Kier molecular flexibility index (Phi) is 154. The van der Waals surface area contributed by atoms with Gasteiger partial charge < -0.3 is 0 Å². The number of rotatable bonds is 0. The summed E-state index contributed by atoms with van der Waals surface area (Å²) in [7, 11) is 0. The minimum atomic E-state index is 0. The first-order chi connectivity index (χ1) is 1.00. The third kappa shape index (κ3) is 20.5. The van der Waals surface area contributed by atoms with Crippen molar-refractivity contribution < 1.29 is 22.6 Å². The fourth-order valence-corrected chi connectivity index (χ4v) is 0. The monoisotopic (exact) mass is 389 g/mol. The number of hydrogen-bond donors (Lipinski definition) is 0. The smallest absolute Gasteiger partial charge is 0 e. The fourth-order valence-electron chi connectivity index (χ4n) is 0. The van der Waals surface area contributed by atoms with Crippen LogP contribution in [0.3, 0.4) is 0 Å². The van der Waals surface area contributed by atoms with Gasteiger partial charge in [-0.25, -0.2) is 0 Å². The van der Waals surface area contributed by atoms with Gasteiger partial charge in [-0.1, -0.05) is 0 Å². The molecule has 0 aliphatic heterocycles. The van der Waals surface area contributed by atoms with E-state index in [2.05, 4.69) is 0 Å². The Hall–Kier alpha value is 2.64. The van der Waals surface area contributed by atoms with E-state index >= 15 is 0 Å². The summed E-state index contributed by atoms with van der Waals surface area (Å²) in [6, 6.07) is 0. The molecule has 0 spiro atoms. The summed E-state index contributed by atoms with van der Waals surface area (Å²) in [4.78, 5) is 0. The summed E-state index contributed by atoms with van der Waals surface area (Å²) in [6.07, 6.45) is 0. The van der Waals surface area contributed by atoms with Crippen molar-refractivity contribution >= 4 is 66.0 Å². The molecule has 0 bridgehead atoms. The van der Waals surface area contributed by atoms with Crippen molar-refractivity contribution in [2.45, 2.75) is 0 Å². The minimum absolute atomic E-state index is 0. The molecule has 0 unspecified atom stereocenters. The SMILES string of the molecule is [Ge].[In].[O]=[Sn].[Zn]. The zero-order valence-electron chi connectivity index (χ0n) is 2.69. The third-order valence-corrected chi connectivity index (χ3v) is 0. The zero-order chi connectivity index (χ0) is 2.00. The first-order valence-electron chi connectivity index (χ1n) is 0.204. The average molecular weight is 388 g/mol. The van der Waals surface area contributed by atoms with E-state index in [1.54, 1.807) is 0 Å². The number of hydrogen-bond acceptors (Lipinski definition) is 1. The van der Waals surface area contributed by atoms with E-state index in [-0.39, 0.29) is 62.9 Å². The van der Waals surface area contributed by atoms with Crippen LogP contribution in [0.5, 0.6) is 0 Å². The van der Waals surface area contributed by atoms with Gasteiger partial charge in [0.25, 0.3) is 0 Å². The largest absolute Gasteiger partial charge is 0 e. The molecule has 0 aliphatic carbocycles. The summed E-state index contributed by atoms with van der Waals surface area (Å²) in [6.45, 7) is 0. The average Bonchev–Trinajstić information content (AvgIpc) is 1.00. The van der Waals surface area contributed by atoms with E-state index < -0.39 is 0 Å². The first-order valence-corrected chi connectivity index (χ1v) is 1.37. The summed E-state index contributed by atoms with van der Waals surface area (Å²) >= 11 is 0.300. The first kappa shape index (κ1) is 25.4. The molecule has 0 fully saturated rings. The van der Waals surface area contributed by atoms with Crippen molar-refractivity contribution in [2.75, 3.05) is 0 Å². The molecule has 0 rings (SSSR count). The maximum absolute atomic E-state index is 8.34. The molecule has 0 saturated heterocycles. The molecule has 5 heteroatoms. The van der Waals surface area contributed by atoms with Crippen molar-refractivity contribution in [2.24, 2.45) is 0 Å². The molecule has 5 heavy (non-hydrogen) atoms. The van der Waals surface area contributed by atoms with Gasteiger partial charge in [0.1, 0.15) is 0 Å². The van der Waals surface area contributed by atoms with Crippen molar-refractivity contribution in [1.29, 1.82) is 0 Å². The molecule has 0 N–H and O–H groups in total. The Labute approximate surface area is 87.0 Å².